The zero-order chi connectivity index (χ0) is 17.9. The van der Waals surface area contributed by atoms with Crippen molar-refractivity contribution in [3.63, 3.8) is 0 Å². The summed E-state index contributed by atoms with van der Waals surface area (Å²) in [6.07, 6.45) is 6.50. The van der Waals surface area contributed by atoms with E-state index < -0.39 is 0 Å². The number of hydrogen-bond acceptors (Lipinski definition) is 4. The van der Waals surface area contributed by atoms with Gasteiger partial charge in [-0.3, -0.25) is 0 Å². The van der Waals surface area contributed by atoms with Crippen LogP contribution in [0.3, 0.4) is 0 Å². The standard InChI is InChI=1S/C21H19N3OS/c1-15-4-9-19(25-2)12-17(15)13-21-22-14-20(26-21)16-5-7-18(8-6-16)24-11-3-10-23-24/h3-12,14H,13H2,1-2H3. The Labute approximate surface area is 156 Å². The molecule has 0 radical (unpaired) electrons. The van der Waals surface area contributed by atoms with Crippen LogP contribution in [0.5, 0.6) is 5.75 Å². The molecule has 0 amide bonds. The van der Waals surface area contributed by atoms with Crippen LogP contribution in [-0.2, 0) is 6.42 Å². The van der Waals surface area contributed by atoms with Gasteiger partial charge in [0.25, 0.3) is 0 Å². The van der Waals surface area contributed by atoms with Crippen LogP contribution in [0, 0.1) is 6.92 Å². The molecule has 0 fully saturated rings. The van der Waals surface area contributed by atoms with E-state index >= 15 is 0 Å². The summed E-state index contributed by atoms with van der Waals surface area (Å²) in [7, 11) is 1.70. The molecule has 4 aromatic rings. The van der Waals surface area contributed by atoms with E-state index in [2.05, 4.69) is 53.4 Å². The Bertz CT molecular complexity index is 1000. The molecule has 4 rings (SSSR count). The molecule has 0 unspecified atom stereocenters. The van der Waals surface area contributed by atoms with Crippen molar-refractivity contribution in [1.82, 2.24) is 14.8 Å². The Morgan fingerprint density at radius 1 is 1.12 bits per heavy atom. The fourth-order valence-electron chi connectivity index (χ4n) is 2.85. The van der Waals surface area contributed by atoms with Crippen molar-refractivity contribution in [2.24, 2.45) is 0 Å². The van der Waals surface area contributed by atoms with Crippen LogP contribution in [0.25, 0.3) is 16.1 Å². The van der Waals surface area contributed by atoms with Crippen LogP contribution in [-0.4, -0.2) is 21.9 Å². The van der Waals surface area contributed by atoms with Crippen LogP contribution >= 0.6 is 11.3 Å². The second kappa shape index (κ2) is 7.14. The first-order valence-electron chi connectivity index (χ1n) is 8.41. The average Bonchev–Trinajstić information content (AvgIpc) is 3.36. The third kappa shape index (κ3) is 3.39. The highest BCUT2D eigenvalue weighted by atomic mass is 32.1. The third-order valence-electron chi connectivity index (χ3n) is 4.37. The summed E-state index contributed by atoms with van der Waals surface area (Å²) in [5, 5.41) is 5.36. The van der Waals surface area contributed by atoms with Crippen LogP contribution in [0.1, 0.15) is 16.1 Å². The zero-order valence-electron chi connectivity index (χ0n) is 14.7. The Hall–Kier alpha value is -2.92. The van der Waals surface area contributed by atoms with Gasteiger partial charge in [0.2, 0.25) is 0 Å². The van der Waals surface area contributed by atoms with Crippen LogP contribution in [0.15, 0.2) is 67.1 Å². The molecule has 2 heterocycles. The number of hydrogen-bond donors (Lipinski definition) is 0. The van der Waals surface area contributed by atoms with Gasteiger partial charge in [-0.05, 0) is 53.9 Å². The lowest BCUT2D eigenvalue weighted by Gasteiger charge is -2.06. The molecule has 0 aliphatic carbocycles. The molecule has 0 saturated carbocycles. The normalized spacial score (nSPS) is 10.8. The predicted octanol–water partition coefficient (Wildman–Crippen LogP) is 4.90. The molecule has 0 aliphatic heterocycles. The minimum absolute atomic E-state index is 0.819. The number of thiazole rings is 1. The largest absolute Gasteiger partial charge is 0.497 e. The first kappa shape index (κ1) is 16.5. The first-order chi connectivity index (χ1) is 12.7. The highest BCUT2D eigenvalue weighted by Crippen LogP contribution is 2.29. The smallest absolute Gasteiger partial charge is 0.119 e. The summed E-state index contributed by atoms with van der Waals surface area (Å²) in [6.45, 7) is 2.12. The summed E-state index contributed by atoms with van der Waals surface area (Å²) in [5.74, 6) is 0.886. The second-order valence-electron chi connectivity index (χ2n) is 6.08. The van der Waals surface area contributed by atoms with Gasteiger partial charge < -0.3 is 4.74 Å². The maximum absolute atomic E-state index is 5.34. The lowest BCUT2D eigenvalue weighted by Crippen LogP contribution is -1.93. The summed E-state index contributed by atoms with van der Waals surface area (Å²) in [6, 6.07) is 16.5. The number of rotatable bonds is 5. The lowest BCUT2D eigenvalue weighted by molar-refractivity contribution is 0.414. The Balaban J connectivity index is 1.55. The zero-order valence-corrected chi connectivity index (χ0v) is 15.5. The van der Waals surface area contributed by atoms with Crippen molar-refractivity contribution in [1.29, 1.82) is 0 Å². The van der Waals surface area contributed by atoms with Gasteiger partial charge in [-0.15, -0.1) is 11.3 Å². The monoisotopic (exact) mass is 361 g/mol. The molecule has 0 spiro atoms. The fourth-order valence-corrected chi connectivity index (χ4v) is 3.80. The maximum Gasteiger partial charge on any atom is 0.119 e. The number of benzene rings is 2. The van der Waals surface area contributed by atoms with Crippen LogP contribution < -0.4 is 4.74 Å². The van der Waals surface area contributed by atoms with Gasteiger partial charge in [0.1, 0.15) is 5.75 Å². The van der Waals surface area contributed by atoms with Crippen molar-refractivity contribution >= 4 is 11.3 Å². The molecule has 26 heavy (non-hydrogen) atoms. The topological polar surface area (TPSA) is 39.9 Å². The van der Waals surface area contributed by atoms with Crippen LogP contribution in [0.4, 0.5) is 0 Å². The SMILES string of the molecule is COc1ccc(C)c(Cc2ncc(-c3ccc(-n4cccn4)cc3)s2)c1. The summed E-state index contributed by atoms with van der Waals surface area (Å²) in [5.41, 5.74) is 4.73. The molecule has 130 valence electrons. The molecule has 0 bridgehead atoms. The number of methoxy groups -OCH3 is 1. The van der Waals surface area contributed by atoms with E-state index in [0.717, 1.165) is 22.9 Å². The molecule has 2 aromatic heterocycles. The summed E-state index contributed by atoms with van der Waals surface area (Å²) in [4.78, 5) is 5.79. The van der Waals surface area contributed by atoms with Gasteiger partial charge in [-0.1, -0.05) is 18.2 Å². The van der Waals surface area contributed by atoms with E-state index in [4.69, 9.17) is 4.74 Å². The van der Waals surface area contributed by atoms with E-state index in [0.29, 0.717) is 0 Å². The fraction of sp³-hybridized carbons (Fsp3) is 0.143. The average molecular weight is 361 g/mol. The molecule has 5 heteroatoms. The first-order valence-corrected chi connectivity index (χ1v) is 9.23. The quantitative estimate of drug-likeness (QED) is 0.507. The van der Waals surface area contributed by atoms with E-state index in [9.17, 15) is 0 Å². The molecule has 0 aliphatic rings. The Morgan fingerprint density at radius 3 is 2.69 bits per heavy atom. The lowest BCUT2D eigenvalue weighted by atomic mass is 10.1. The minimum Gasteiger partial charge on any atom is -0.497 e. The van der Waals surface area contributed by atoms with Gasteiger partial charge in [0.15, 0.2) is 0 Å². The molecule has 2 aromatic carbocycles. The third-order valence-corrected chi connectivity index (χ3v) is 5.42. The van der Waals surface area contributed by atoms with Crippen LogP contribution in [0.2, 0.25) is 0 Å². The maximum atomic E-state index is 5.34. The van der Waals surface area contributed by atoms with Crippen molar-refractivity contribution < 1.29 is 4.74 Å². The van der Waals surface area contributed by atoms with Gasteiger partial charge in [-0.25, -0.2) is 9.67 Å². The molecule has 0 saturated heterocycles. The molecule has 4 nitrogen and oxygen atoms in total. The van der Waals surface area contributed by atoms with E-state index in [1.54, 1.807) is 24.6 Å². The summed E-state index contributed by atoms with van der Waals surface area (Å²) >= 11 is 1.73. The molecular weight excluding hydrogens is 342 g/mol. The highest BCUT2D eigenvalue weighted by Gasteiger charge is 2.08. The molecule has 0 atom stereocenters. The predicted molar refractivity (Wildman–Crippen MR) is 105 cm³/mol. The van der Waals surface area contributed by atoms with Crippen molar-refractivity contribution in [3.05, 3.63) is 83.3 Å². The van der Waals surface area contributed by atoms with Crippen molar-refractivity contribution in [2.75, 3.05) is 7.11 Å². The van der Waals surface area contributed by atoms with Crippen molar-refractivity contribution in [3.8, 4) is 21.9 Å². The van der Waals surface area contributed by atoms with Gasteiger partial charge in [0, 0.05) is 25.0 Å². The van der Waals surface area contributed by atoms with E-state index in [1.165, 1.54) is 21.6 Å². The number of nitrogens with zero attached hydrogens (tertiary/aromatic N) is 3. The molecular formula is C21H19N3OS. The van der Waals surface area contributed by atoms with Gasteiger partial charge >= 0.3 is 0 Å². The minimum atomic E-state index is 0.819. The Kier molecular flexibility index (Phi) is 4.54. The summed E-state index contributed by atoms with van der Waals surface area (Å²) < 4.78 is 7.19. The highest BCUT2D eigenvalue weighted by molar-refractivity contribution is 7.15. The van der Waals surface area contributed by atoms with E-state index in [1.807, 2.05) is 29.2 Å². The van der Waals surface area contributed by atoms with Crippen molar-refractivity contribution in [2.45, 2.75) is 13.3 Å². The van der Waals surface area contributed by atoms with E-state index in [-0.39, 0.29) is 0 Å². The number of ether oxygens (including phenoxy) is 1. The van der Waals surface area contributed by atoms with Gasteiger partial charge in [-0.2, -0.15) is 5.10 Å². The Morgan fingerprint density at radius 2 is 1.96 bits per heavy atom. The second-order valence-corrected chi connectivity index (χ2v) is 7.20. The molecule has 0 N–H and O–H groups in total. The number of aryl methyl sites for hydroxylation is 1. The number of aromatic nitrogens is 3. The van der Waals surface area contributed by atoms with Gasteiger partial charge in [0.05, 0.1) is 22.7 Å².